The number of hydrogen-bond donors (Lipinski definition) is 1. The lowest BCUT2D eigenvalue weighted by Gasteiger charge is -2.00. The molecule has 0 aliphatic heterocycles. The van der Waals surface area contributed by atoms with Crippen LogP contribution in [0.25, 0.3) is 5.57 Å². The maximum Gasteiger partial charge on any atom is 0.165 e. The number of benzene rings is 1. The molecule has 0 N–H and O–H groups in total. The van der Waals surface area contributed by atoms with Crippen molar-refractivity contribution < 1.29 is 4.79 Å². The van der Waals surface area contributed by atoms with Crippen molar-refractivity contribution in [1.29, 1.82) is 0 Å². The van der Waals surface area contributed by atoms with E-state index in [0.717, 1.165) is 11.1 Å². The van der Waals surface area contributed by atoms with E-state index in [1.807, 2.05) is 30.3 Å². The first-order chi connectivity index (χ1) is 6.61. The minimum absolute atomic E-state index is 0.0505. The van der Waals surface area contributed by atoms with E-state index >= 15 is 0 Å². The van der Waals surface area contributed by atoms with Crippen LogP contribution in [0.1, 0.15) is 12.5 Å². The molecule has 0 aliphatic rings. The van der Waals surface area contributed by atoms with Crippen LogP contribution in [0.3, 0.4) is 0 Å². The monoisotopic (exact) mass is 204 g/mol. The molecule has 1 rings (SSSR count). The van der Waals surface area contributed by atoms with Crippen molar-refractivity contribution in [2.45, 2.75) is 6.92 Å². The first-order valence-electron chi connectivity index (χ1n) is 4.27. The van der Waals surface area contributed by atoms with Gasteiger partial charge in [-0.1, -0.05) is 36.9 Å². The summed E-state index contributed by atoms with van der Waals surface area (Å²) >= 11 is 4.07. The van der Waals surface area contributed by atoms with Gasteiger partial charge in [0.25, 0.3) is 0 Å². The maximum absolute atomic E-state index is 10.9. The van der Waals surface area contributed by atoms with Crippen molar-refractivity contribution in [2.24, 2.45) is 0 Å². The third-order valence-electron chi connectivity index (χ3n) is 1.82. The van der Waals surface area contributed by atoms with Crippen LogP contribution in [0.2, 0.25) is 0 Å². The van der Waals surface area contributed by atoms with E-state index in [1.54, 1.807) is 6.08 Å². The lowest BCUT2D eigenvalue weighted by atomic mass is 10.1. The van der Waals surface area contributed by atoms with Crippen LogP contribution in [0.4, 0.5) is 0 Å². The van der Waals surface area contributed by atoms with Crippen molar-refractivity contribution >= 4 is 24.0 Å². The number of Topliss-reactive ketones (excluding diaryl/α,β-unsaturated/α-hetero) is 1. The zero-order chi connectivity index (χ0) is 10.6. The largest absolute Gasteiger partial charge is 0.294 e. The molecule has 14 heavy (non-hydrogen) atoms. The van der Waals surface area contributed by atoms with Crippen LogP contribution in [0.15, 0.2) is 47.9 Å². The van der Waals surface area contributed by atoms with Crippen molar-refractivity contribution in [2.75, 3.05) is 0 Å². The van der Waals surface area contributed by atoms with Gasteiger partial charge in [-0.05, 0) is 24.1 Å². The molecule has 0 unspecified atom stereocenters. The SMILES string of the molecule is C=C(/C=C(\S)C(C)=O)c1ccccc1. The summed E-state index contributed by atoms with van der Waals surface area (Å²) in [6, 6.07) is 9.69. The number of carbonyl (C=O) groups is 1. The smallest absolute Gasteiger partial charge is 0.165 e. The first-order valence-corrected chi connectivity index (χ1v) is 4.72. The Labute approximate surface area is 89.6 Å². The van der Waals surface area contributed by atoms with Gasteiger partial charge in [0.1, 0.15) is 0 Å². The van der Waals surface area contributed by atoms with Gasteiger partial charge in [0.15, 0.2) is 5.78 Å². The number of hydrogen-bond acceptors (Lipinski definition) is 2. The average Bonchev–Trinajstić information content (AvgIpc) is 2.19. The Morgan fingerprint density at radius 1 is 1.36 bits per heavy atom. The summed E-state index contributed by atoms with van der Waals surface area (Å²) in [5.74, 6) is -0.0505. The van der Waals surface area contributed by atoms with E-state index in [-0.39, 0.29) is 5.78 Å². The highest BCUT2D eigenvalue weighted by Crippen LogP contribution is 2.16. The second kappa shape index (κ2) is 4.82. The predicted octanol–water partition coefficient (Wildman–Crippen LogP) is 3.10. The highest BCUT2D eigenvalue weighted by atomic mass is 32.1. The molecule has 1 aromatic carbocycles. The lowest BCUT2D eigenvalue weighted by Crippen LogP contribution is -1.89. The molecule has 0 atom stereocenters. The molecule has 1 aromatic rings. The van der Waals surface area contributed by atoms with Gasteiger partial charge in [-0.25, -0.2) is 0 Å². The Kier molecular flexibility index (Phi) is 3.72. The fourth-order valence-corrected chi connectivity index (χ4v) is 1.16. The number of carbonyl (C=O) groups excluding carboxylic acids is 1. The Balaban J connectivity index is 2.88. The molecule has 0 fully saturated rings. The topological polar surface area (TPSA) is 17.1 Å². The molecule has 0 saturated heterocycles. The summed E-state index contributed by atoms with van der Waals surface area (Å²) in [4.78, 5) is 11.4. The minimum atomic E-state index is -0.0505. The molecular formula is C12H12OS. The normalized spacial score (nSPS) is 11.1. The molecule has 0 bridgehead atoms. The molecule has 0 spiro atoms. The fraction of sp³-hybridized carbons (Fsp3) is 0.0833. The molecule has 0 aromatic heterocycles. The molecule has 0 radical (unpaired) electrons. The Hall–Kier alpha value is -1.28. The number of rotatable bonds is 3. The third kappa shape index (κ3) is 2.89. The summed E-state index contributed by atoms with van der Waals surface area (Å²) in [5, 5.41) is 0. The van der Waals surface area contributed by atoms with Gasteiger partial charge in [-0.15, -0.1) is 12.6 Å². The molecule has 1 nitrogen and oxygen atoms in total. The second-order valence-corrected chi connectivity index (χ2v) is 3.46. The maximum atomic E-state index is 10.9. The molecule has 2 heteroatoms. The van der Waals surface area contributed by atoms with Gasteiger partial charge < -0.3 is 0 Å². The molecule has 72 valence electrons. The third-order valence-corrected chi connectivity index (χ3v) is 2.26. The summed E-state index contributed by atoms with van der Waals surface area (Å²) in [6.45, 7) is 5.35. The van der Waals surface area contributed by atoms with E-state index < -0.39 is 0 Å². The zero-order valence-electron chi connectivity index (χ0n) is 8.03. The highest BCUT2D eigenvalue weighted by Gasteiger charge is 1.99. The van der Waals surface area contributed by atoms with Crippen LogP contribution in [-0.4, -0.2) is 5.78 Å². The van der Waals surface area contributed by atoms with Gasteiger partial charge >= 0.3 is 0 Å². The molecule has 0 amide bonds. The van der Waals surface area contributed by atoms with Gasteiger partial charge in [-0.3, -0.25) is 4.79 Å². The number of thiol groups is 1. The van der Waals surface area contributed by atoms with Crippen molar-refractivity contribution in [3.05, 3.63) is 53.5 Å². The quantitative estimate of drug-likeness (QED) is 0.455. The number of ketones is 1. The summed E-state index contributed by atoms with van der Waals surface area (Å²) < 4.78 is 0. The standard InChI is InChI=1S/C12H12OS/c1-9(8-12(14)10(2)13)11-6-4-3-5-7-11/h3-8,14H,1H2,2H3/b12-8-. The number of allylic oxidation sites excluding steroid dienone is 3. The first kappa shape index (κ1) is 10.8. The van der Waals surface area contributed by atoms with Crippen LogP contribution >= 0.6 is 12.6 Å². The Morgan fingerprint density at radius 3 is 2.43 bits per heavy atom. The summed E-state index contributed by atoms with van der Waals surface area (Å²) in [5.41, 5.74) is 1.80. The predicted molar refractivity (Wildman–Crippen MR) is 63.2 cm³/mol. The van der Waals surface area contributed by atoms with Gasteiger partial charge in [-0.2, -0.15) is 0 Å². The van der Waals surface area contributed by atoms with Gasteiger partial charge in [0.2, 0.25) is 0 Å². The highest BCUT2D eigenvalue weighted by molar-refractivity contribution is 7.85. The minimum Gasteiger partial charge on any atom is -0.294 e. The Morgan fingerprint density at radius 2 is 1.93 bits per heavy atom. The van der Waals surface area contributed by atoms with E-state index in [9.17, 15) is 4.79 Å². The van der Waals surface area contributed by atoms with Gasteiger partial charge in [0.05, 0.1) is 0 Å². The van der Waals surface area contributed by atoms with Crippen molar-refractivity contribution in [3.8, 4) is 0 Å². The lowest BCUT2D eigenvalue weighted by molar-refractivity contribution is -0.112. The van der Waals surface area contributed by atoms with E-state index in [1.165, 1.54) is 6.92 Å². The summed E-state index contributed by atoms with van der Waals surface area (Å²) in [7, 11) is 0. The summed E-state index contributed by atoms with van der Waals surface area (Å²) in [6.07, 6.45) is 1.68. The van der Waals surface area contributed by atoms with Crippen LogP contribution in [0, 0.1) is 0 Å². The molecule has 0 saturated carbocycles. The van der Waals surface area contributed by atoms with Crippen LogP contribution < -0.4 is 0 Å². The molecule has 0 aliphatic carbocycles. The second-order valence-electron chi connectivity index (χ2n) is 2.98. The van der Waals surface area contributed by atoms with Crippen molar-refractivity contribution in [3.63, 3.8) is 0 Å². The van der Waals surface area contributed by atoms with Crippen LogP contribution in [-0.2, 0) is 4.79 Å². The van der Waals surface area contributed by atoms with Gasteiger partial charge in [0, 0.05) is 4.91 Å². The van der Waals surface area contributed by atoms with Crippen LogP contribution in [0.5, 0.6) is 0 Å². The zero-order valence-corrected chi connectivity index (χ0v) is 8.92. The fourth-order valence-electron chi connectivity index (χ4n) is 1.00. The molecule has 0 heterocycles. The van der Waals surface area contributed by atoms with E-state index in [4.69, 9.17) is 0 Å². The van der Waals surface area contributed by atoms with E-state index in [0.29, 0.717) is 4.91 Å². The average molecular weight is 204 g/mol. The Bertz CT molecular complexity index is 377. The van der Waals surface area contributed by atoms with E-state index in [2.05, 4.69) is 19.2 Å². The molecular weight excluding hydrogens is 192 g/mol. The van der Waals surface area contributed by atoms with Crippen molar-refractivity contribution in [1.82, 2.24) is 0 Å².